The van der Waals surface area contributed by atoms with Gasteiger partial charge in [-0.2, -0.15) is 0 Å². The summed E-state index contributed by atoms with van der Waals surface area (Å²) in [5, 5.41) is 6.93. The Hall–Kier alpha value is -1.23. The number of hydrogen-bond donors (Lipinski definition) is 1. The van der Waals surface area contributed by atoms with Crippen LogP contribution in [0.4, 0.5) is 5.00 Å². The average molecular weight is 280 g/mol. The highest BCUT2D eigenvalue weighted by Gasteiger charge is 2.19. The lowest BCUT2D eigenvalue weighted by Crippen LogP contribution is -2.52. The van der Waals surface area contributed by atoms with E-state index < -0.39 is 0 Å². The fourth-order valence-corrected chi connectivity index (χ4v) is 3.02. The predicted molar refractivity (Wildman–Crippen MR) is 84.4 cm³/mol. The lowest BCUT2D eigenvalue weighted by atomic mass is 10.3. The van der Waals surface area contributed by atoms with Crippen molar-refractivity contribution >= 4 is 22.3 Å². The maximum absolute atomic E-state index is 4.66. The first kappa shape index (κ1) is 14.2. The molecule has 1 aromatic rings. The molecule has 1 aliphatic heterocycles. The zero-order chi connectivity index (χ0) is 13.5. The van der Waals surface area contributed by atoms with Crippen LogP contribution in [0, 0.1) is 0 Å². The van der Waals surface area contributed by atoms with Gasteiger partial charge in [-0.25, -0.2) is 0 Å². The molecule has 1 N–H and O–H groups in total. The van der Waals surface area contributed by atoms with Gasteiger partial charge in [0.05, 0.1) is 5.00 Å². The van der Waals surface area contributed by atoms with Crippen LogP contribution in [0.1, 0.15) is 20.3 Å². The number of nitrogens with zero attached hydrogens (tertiary/aromatic N) is 3. The van der Waals surface area contributed by atoms with Crippen LogP contribution >= 0.6 is 11.3 Å². The molecule has 19 heavy (non-hydrogen) atoms. The Morgan fingerprint density at radius 2 is 2.11 bits per heavy atom. The molecule has 5 heteroatoms. The molecule has 0 aromatic carbocycles. The number of piperazine rings is 1. The largest absolute Gasteiger partial charge is 0.360 e. The van der Waals surface area contributed by atoms with Crippen LogP contribution in [-0.2, 0) is 0 Å². The minimum absolute atomic E-state index is 0.910. The summed E-state index contributed by atoms with van der Waals surface area (Å²) in [4.78, 5) is 9.50. The molecule has 2 rings (SSSR count). The van der Waals surface area contributed by atoms with Crippen molar-refractivity contribution in [2.24, 2.45) is 4.99 Å². The minimum atomic E-state index is 0.910. The second kappa shape index (κ2) is 7.38. The van der Waals surface area contributed by atoms with E-state index in [4.69, 9.17) is 0 Å². The molecule has 1 aromatic heterocycles. The number of guanidine groups is 1. The van der Waals surface area contributed by atoms with E-state index in [-0.39, 0.29) is 0 Å². The summed E-state index contributed by atoms with van der Waals surface area (Å²) in [5.74, 6) is 1.08. The first-order chi connectivity index (χ1) is 9.35. The molecule has 4 nitrogen and oxygen atoms in total. The Balaban J connectivity index is 1.90. The molecule has 0 saturated carbocycles. The molecule has 0 atom stereocenters. The fraction of sp³-hybridized carbons (Fsp3) is 0.643. The molecule has 0 radical (unpaired) electrons. The van der Waals surface area contributed by atoms with Gasteiger partial charge in [0.15, 0.2) is 5.96 Å². The SMILES string of the molecule is CCCN=C(NCC)N1CCN(c2cccs2)CC1. The quantitative estimate of drug-likeness (QED) is 0.678. The van der Waals surface area contributed by atoms with Crippen molar-refractivity contribution in [1.29, 1.82) is 0 Å². The number of rotatable bonds is 4. The van der Waals surface area contributed by atoms with E-state index in [1.54, 1.807) is 0 Å². The van der Waals surface area contributed by atoms with Gasteiger partial charge in [0.25, 0.3) is 0 Å². The molecule has 0 spiro atoms. The van der Waals surface area contributed by atoms with Gasteiger partial charge in [0.2, 0.25) is 0 Å². The van der Waals surface area contributed by atoms with E-state index in [2.05, 4.69) is 51.5 Å². The summed E-state index contributed by atoms with van der Waals surface area (Å²) >= 11 is 1.82. The number of aliphatic imine (C=N–C) groups is 1. The number of nitrogens with one attached hydrogen (secondary N) is 1. The molecule has 0 unspecified atom stereocenters. The van der Waals surface area contributed by atoms with Crippen LogP contribution in [-0.4, -0.2) is 50.1 Å². The lowest BCUT2D eigenvalue weighted by molar-refractivity contribution is 0.373. The Kier molecular flexibility index (Phi) is 5.51. The Bertz CT molecular complexity index is 380. The molecule has 0 amide bonds. The molecular formula is C14H24N4S. The van der Waals surface area contributed by atoms with Gasteiger partial charge in [-0.15, -0.1) is 11.3 Å². The summed E-state index contributed by atoms with van der Waals surface area (Å²) in [6, 6.07) is 4.33. The third-order valence-corrected chi connectivity index (χ3v) is 4.15. The maximum Gasteiger partial charge on any atom is 0.194 e. The van der Waals surface area contributed by atoms with E-state index in [1.807, 2.05) is 11.3 Å². The van der Waals surface area contributed by atoms with Crippen molar-refractivity contribution in [3.05, 3.63) is 17.5 Å². The van der Waals surface area contributed by atoms with Gasteiger partial charge in [0.1, 0.15) is 0 Å². The molecule has 2 heterocycles. The highest BCUT2D eigenvalue weighted by molar-refractivity contribution is 7.14. The molecule has 1 aliphatic rings. The third kappa shape index (κ3) is 3.86. The average Bonchev–Trinajstić information content (AvgIpc) is 2.98. The van der Waals surface area contributed by atoms with E-state index in [9.17, 15) is 0 Å². The first-order valence-electron chi connectivity index (χ1n) is 7.16. The number of anilines is 1. The van der Waals surface area contributed by atoms with Crippen molar-refractivity contribution < 1.29 is 0 Å². The monoisotopic (exact) mass is 280 g/mol. The van der Waals surface area contributed by atoms with E-state index in [0.717, 1.165) is 51.6 Å². The maximum atomic E-state index is 4.66. The molecular weight excluding hydrogens is 256 g/mol. The van der Waals surface area contributed by atoms with Crippen LogP contribution in [0.25, 0.3) is 0 Å². The summed E-state index contributed by atoms with van der Waals surface area (Å²) in [6.45, 7) is 10.4. The van der Waals surface area contributed by atoms with Crippen LogP contribution in [0.2, 0.25) is 0 Å². The van der Waals surface area contributed by atoms with Gasteiger partial charge < -0.3 is 15.1 Å². The van der Waals surface area contributed by atoms with Gasteiger partial charge in [-0.1, -0.05) is 6.92 Å². The zero-order valence-corrected chi connectivity index (χ0v) is 12.7. The van der Waals surface area contributed by atoms with Crippen molar-refractivity contribution in [2.75, 3.05) is 44.2 Å². The van der Waals surface area contributed by atoms with Gasteiger partial charge in [0, 0.05) is 39.3 Å². The second-order valence-electron chi connectivity index (χ2n) is 4.66. The van der Waals surface area contributed by atoms with Crippen LogP contribution in [0.5, 0.6) is 0 Å². The Labute approximate surface area is 120 Å². The molecule has 0 aliphatic carbocycles. The summed E-state index contributed by atoms with van der Waals surface area (Å²) < 4.78 is 0. The molecule has 106 valence electrons. The van der Waals surface area contributed by atoms with E-state index in [1.165, 1.54) is 5.00 Å². The molecule has 1 fully saturated rings. The Morgan fingerprint density at radius 3 is 2.68 bits per heavy atom. The van der Waals surface area contributed by atoms with Crippen molar-refractivity contribution in [3.8, 4) is 0 Å². The standard InChI is InChI=1S/C14H24N4S/c1-3-7-16-14(15-4-2)18-10-8-17(9-11-18)13-6-5-12-19-13/h5-6,12H,3-4,7-11H2,1-2H3,(H,15,16). The highest BCUT2D eigenvalue weighted by atomic mass is 32.1. The van der Waals surface area contributed by atoms with Crippen molar-refractivity contribution in [2.45, 2.75) is 20.3 Å². The number of thiophene rings is 1. The lowest BCUT2D eigenvalue weighted by Gasteiger charge is -2.37. The fourth-order valence-electron chi connectivity index (χ4n) is 2.23. The number of hydrogen-bond acceptors (Lipinski definition) is 3. The zero-order valence-electron chi connectivity index (χ0n) is 11.9. The summed E-state index contributed by atoms with van der Waals surface area (Å²) in [7, 11) is 0. The van der Waals surface area contributed by atoms with Crippen LogP contribution < -0.4 is 10.2 Å². The van der Waals surface area contributed by atoms with Crippen LogP contribution in [0.3, 0.4) is 0 Å². The first-order valence-corrected chi connectivity index (χ1v) is 8.04. The van der Waals surface area contributed by atoms with Crippen molar-refractivity contribution in [1.82, 2.24) is 10.2 Å². The van der Waals surface area contributed by atoms with Gasteiger partial charge in [-0.3, -0.25) is 4.99 Å². The topological polar surface area (TPSA) is 30.9 Å². The second-order valence-corrected chi connectivity index (χ2v) is 5.59. The molecule has 0 bridgehead atoms. The minimum Gasteiger partial charge on any atom is -0.360 e. The Morgan fingerprint density at radius 1 is 1.32 bits per heavy atom. The van der Waals surface area contributed by atoms with E-state index in [0.29, 0.717) is 0 Å². The smallest absolute Gasteiger partial charge is 0.194 e. The van der Waals surface area contributed by atoms with Gasteiger partial charge in [-0.05, 0) is 30.9 Å². The van der Waals surface area contributed by atoms with Crippen molar-refractivity contribution in [3.63, 3.8) is 0 Å². The predicted octanol–water partition coefficient (Wildman–Crippen LogP) is 2.25. The van der Waals surface area contributed by atoms with Gasteiger partial charge >= 0.3 is 0 Å². The summed E-state index contributed by atoms with van der Waals surface area (Å²) in [5.41, 5.74) is 0. The molecule has 1 saturated heterocycles. The van der Waals surface area contributed by atoms with Crippen LogP contribution in [0.15, 0.2) is 22.5 Å². The highest BCUT2D eigenvalue weighted by Crippen LogP contribution is 2.22. The summed E-state index contributed by atoms with van der Waals surface area (Å²) in [6.07, 6.45) is 1.10. The third-order valence-electron chi connectivity index (χ3n) is 3.22. The normalized spacial score (nSPS) is 16.8. The van der Waals surface area contributed by atoms with E-state index >= 15 is 0 Å².